The smallest absolute Gasteiger partial charge is 0.267 e. The fourth-order valence-corrected chi connectivity index (χ4v) is 8.74. The molecule has 0 saturated carbocycles. The molecule has 4 N–H and O–H groups in total. The van der Waals surface area contributed by atoms with Crippen molar-refractivity contribution >= 4 is 34.3 Å². The number of ether oxygens (including phenoxy) is 2. The normalized spacial score (nSPS) is 21.6. The van der Waals surface area contributed by atoms with Crippen LogP contribution < -0.4 is 21.1 Å². The molecule has 2 saturated heterocycles. The Balaban J connectivity index is 1.19. The van der Waals surface area contributed by atoms with Crippen LogP contribution in [0, 0.1) is 11.3 Å². The summed E-state index contributed by atoms with van der Waals surface area (Å²) in [7, 11) is 2.11. The lowest BCUT2D eigenvalue weighted by Gasteiger charge is -2.26. The fraction of sp³-hybridized carbons (Fsp3) is 0.568. The number of anilines is 1. The second kappa shape index (κ2) is 16.8. The van der Waals surface area contributed by atoms with E-state index in [1.165, 1.54) is 22.7 Å². The molecule has 272 valence electrons. The van der Waals surface area contributed by atoms with Gasteiger partial charge in [-0.15, -0.1) is 11.3 Å². The molecule has 5 heterocycles. The van der Waals surface area contributed by atoms with Crippen LogP contribution in [0.5, 0.6) is 5.88 Å². The number of aromatic nitrogens is 3. The Hall–Kier alpha value is -4.32. The van der Waals surface area contributed by atoms with Crippen LogP contribution in [0.25, 0.3) is 11.5 Å². The molecular weight excluding hydrogens is 667 g/mol. The zero-order valence-corrected chi connectivity index (χ0v) is 30.8. The number of aliphatic imine (C=N–C) groups is 1. The van der Waals surface area contributed by atoms with Crippen molar-refractivity contribution in [3.63, 3.8) is 0 Å². The maximum atomic E-state index is 12.5. The average Bonchev–Trinajstić information content (AvgIpc) is 3.92. The number of carbonyl (C=O) groups excluding carboxylic acids is 1. The molecule has 2 aliphatic heterocycles. The minimum absolute atomic E-state index is 0.0370. The first-order chi connectivity index (χ1) is 24.7. The van der Waals surface area contributed by atoms with Gasteiger partial charge in [-0.25, -0.2) is 9.98 Å². The van der Waals surface area contributed by atoms with Gasteiger partial charge in [-0.05, 0) is 110 Å². The van der Waals surface area contributed by atoms with E-state index in [4.69, 9.17) is 29.7 Å². The summed E-state index contributed by atoms with van der Waals surface area (Å²) < 4.78 is 17.2. The number of likely N-dealkylation sites (N-methyl/N-ethyl adjacent to an activating group) is 1. The highest BCUT2D eigenvalue weighted by Gasteiger charge is 2.30. The van der Waals surface area contributed by atoms with Crippen LogP contribution in [0.2, 0.25) is 0 Å². The third-order valence-corrected chi connectivity index (χ3v) is 11.1. The van der Waals surface area contributed by atoms with Crippen LogP contribution in [0.3, 0.4) is 0 Å². The minimum Gasteiger partial charge on any atom is -0.473 e. The Bertz CT molecular complexity index is 1770. The molecule has 2 unspecified atom stereocenters. The summed E-state index contributed by atoms with van der Waals surface area (Å²) in [4.78, 5) is 30.2. The van der Waals surface area contributed by atoms with E-state index in [1.807, 2.05) is 0 Å². The van der Waals surface area contributed by atoms with E-state index in [1.54, 1.807) is 23.7 Å². The predicted octanol–water partition coefficient (Wildman–Crippen LogP) is 5.64. The molecule has 6 rings (SSSR count). The van der Waals surface area contributed by atoms with E-state index < -0.39 is 0 Å². The number of amides is 1. The van der Waals surface area contributed by atoms with Gasteiger partial charge in [0.1, 0.15) is 23.4 Å². The topological polar surface area (TPSA) is 177 Å². The van der Waals surface area contributed by atoms with E-state index in [-0.39, 0.29) is 35.8 Å². The quantitative estimate of drug-likeness (QED) is 0.139. The maximum Gasteiger partial charge on any atom is 0.267 e. The number of thiophene rings is 1. The molecule has 1 aliphatic carbocycles. The molecule has 2 fully saturated rings. The first-order valence-corrected chi connectivity index (χ1v) is 18.9. The number of nitriles is 1. The standard InChI is InChI=1S/C37H49N9O4S/c1-22(2)41-37-27(19-38)33-24(9-6-12-30(33)51-37)8-5-10-25-20-49-45-34(25)35-43-31(18-32(44-35)50-23(3)29-11-7-16-46(29)4)40-15-13-28(39)36(47)42-26-14-17-48-21-26/h13,15,18,20,22-24,26,29,41H,5-12,14,16-17,21,39H2,1-4H3,(H,42,47)/b28-13-,40-15+/t23-,24+,26?,29?/m0/s1. The predicted molar refractivity (Wildman–Crippen MR) is 197 cm³/mol. The number of hydrogen-bond acceptors (Lipinski definition) is 13. The van der Waals surface area contributed by atoms with E-state index >= 15 is 0 Å². The second-order valence-corrected chi connectivity index (χ2v) is 15.2. The molecule has 0 bridgehead atoms. The van der Waals surface area contributed by atoms with Gasteiger partial charge in [-0.1, -0.05) is 5.16 Å². The van der Waals surface area contributed by atoms with Gasteiger partial charge >= 0.3 is 0 Å². The summed E-state index contributed by atoms with van der Waals surface area (Å²) >= 11 is 1.74. The number of fused-ring (bicyclic) bond motifs is 1. The zero-order valence-electron chi connectivity index (χ0n) is 30.0. The summed E-state index contributed by atoms with van der Waals surface area (Å²) in [5, 5.41) is 21.8. The molecule has 3 aromatic heterocycles. The third kappa shape index (κ3) is 8.95. The Morgan fingerprint density at radius 3 is 2.88 bits per heavy atom. The highest BCUT2D eigenvalue weighted by Crippen LogP contribution is 2.45. The van der Waals surface area contributed by atoms with Crippen molar-refractivity contribution in [3.05, 3.63) is 45.7 Å². The lowest BCUT2D eigenvalue weighted by Crippen LogP contribution is -2.38. The first kappa shape index (κ1) is 36.5. The molecule has 3 aromatic rings. The summed E-state index contributed by atoms with van der Waals surface area (Å²) in [6, 6.07) is 4.68. The highest BCUT2D eigenvalue weighted by atomic mass is 32.1. The van der Waals surface area contributed by atoms with Crippen LogP contribution in [0.4, 0.5) is 10.8 Å². The first-order valence-electron chi connectivity index (χ1n) is 18.1. The lowest BCUT2D eigenvalue weighted by atomic mass is 9.82. The van der Waals surface area contributed by atoms with Gasteiger partial charge in [0.2, 0.25) is 5.88 Å². The van der Waals surface area contributed by atoms with Gasteiger partial charge in [-0.3, -0.25) is 9.69 Å². The van der Waals surface area contributed by atoms with Gasteiger partial charge in [0.15, 0.2) is 17.3 Å². The van der Waals surface area contributed by atoms with Crippen molar-refractivity contribution < 1.29 is 18.8 Å². The van der Waals surface area contributed by atoms with Crippen molar-refractivity contribution in [2.24, 2.45) is 10.7 Å². The molecule has 13 nitrogen and oxygen atoms in total. The van der Waals surface area contributed by atoms with E-state index in [9.17, 15) is 10.1 Å². The van der Waals surface area contributed by atoms with Gasteiger partial charge in [0, 0.05) is 41.4 Å². The second-order valence-electron chi connectivity index (χ2n) is 14.1. The Morgan fingerprint density at radius 1 is 1.27 bits per heavy atom. The van der Waals surface area contributed by atoms with Crippen molar-refractivity contribution in [1.29, 1.82) is 5.26 Å². The number of nitrogens with zero attached hydrogens (tertiary/aromatic N) is 6. The van der Waals surface area contributed by atoms with Crippen LogP contribution in [0.15, 0.2) is 33.6 Å². The van der Waals surface area contributed by atoms with Gasteiger partial charge in [-0.2, -0.15) is 10.2 Å². The van der Waals surface area contributed by atoms with Crippen molar-refractivity contribution in [1.82, 2.24) is 25.3 Å². The number of likely N-dealkylation sites (tertiary alicyclic amines) is 1. The number of hydrogen-bond donors (Lipinski definition) is 3. The van der Waals surface area contributed by atoms with Gasteiger partial charge < -0.3 is 30.4 Å². The third-order valence-electron chi connectivity index (χ3n) is 9.87. The molecule has 14 heteroatoms. The summed E-state index contributed by atoms with van der Waals surface area (Å²) in [6.45, 7) is 8.39. The molecule has 0 aromatic carbocycles. The molecular formula is C37H49N9O4S. The SMILES string of the molecule is CC(C)Nc1sc2c(c1C#N)[C@H](CCCc1conc1-c1nc(/N=C/C=C(\N)C(=O)NC3CCOC3)cc(O[C@@H](C)C3CCCN3C)n1)CCC2. The highest BCUT2D eigenvalue weighted by molar-refractivity contribution is 7.16. The average molecular weight is 716 g/mol. The Kier molecular flexibility index (Phi) is 12.0. The number of nitrogens with one attached hydrogen (secondary N) is 2. The Morgan fingerprint density at radius 2 is 2.14 bits per heavy atom. The zero-order chi connectivity index (χ0) is 35.9. The number of nitrogens with two attached hydrogens (primary N) is 1. The fourth-order valence-electron chi connectivity index (χ4n) is 7.31. The minimum atomic E-state index is -0.369. The number of allylic oxidation sites excluding steroid dienone is 1. The van der Waals surface area contributed by atoms with Gasteiger partial charge in [0.25, 0.3) is 5.91 Å². The van der Waals surface area contributed by atoms with E-state index in [0.29, 0.717) is 48.8 Å². The molecule has 1 amide bonds. The summed E-state index contributed by atoms with van der Waals surface area (Å²) in [5.74, 6) is 1.04. The van der Waals surface area contributed by atoms with Gasteiger partial charge in [0.05, 0.1) is 23.9 Å². The van der Waals surface area contributed by atoms with Crippen molar-refractivity contribution in [2.75, 3.05) is 32.1 Å². The van der Waals surface area contributed by atoms with Crippen molar-refractivity contribution in [2.45, 2.75) is 109 Å². The van der Waals surface area contributed by atoms with Crippen LogP contribution >= 0.6 is 11.3 Å². The van der Waals surface area contributed by atoms with Crippen LogP contribution in [-0.2, 0) is 22.4 Å². The number of aryl methyl sites for hydroxylation is 2. The number of rotatable bonds is 14. The van der Waals surface area contributed by atoms with Crippen LogP contribution in [0.1, 0.15) is 93.2 Å². The monoisotopic (exact) mass is 715 g/mol. The summed E-state index contributed by atoms with van der Waals surface area (Å²) in [6.07, 6.45) is 13.2. The molecule has 0 radical (unpaired) electrons. The van der Waals surface area contributed by atoms with E-state index in [0.717, 1.165) is 74.0 Å². The molecule has 4 atom stereocenters. The lowest BCUT2D eigenvalue weighted by molar-refractivity contribution is -0.118. The summed E-state index contributed by atoms with van der Waals surface area (Å²) in [5.41, 5.74) is 9.56. The van der Waals surface area contributed by atoms with Crippen molar-refractivity contribution in [3.8, 4) is 23.5 Å². The molecule has 0 spiro atoms. The van der Waals surface area contributed by atoms with Crippen LogP contribution in [-0.4, -0.2) is 83.2 Å². The maximum absolute atomic E-state index is 12.5. The molecule has 3 aliphatic rings. The number of carbonyl (C=O) groups is 1. The Labute approximate surface area is 303 Å². The van der Waals surface area contributed by atoms with E-state index in [2.05, 4.69) is 59.6 Å². The largest absolute Gasteiger partial charge is 0.473 e. The molecule has 51 heavy (non-hydrogen) atoms.